The van der Waals surface area contributed by atoms with Gasteiger partial charge in [-0.2, -0.15) is 0 Å². The number of carbonyl (C=O) groups excluding carboxylic acids is 5. The van der Waals surface area contributed by atoms with Crippen LogP contribution in [0.4, 0.5) is 11.4 Å². The van der Waals surface area contributed by atoms with Gasteiger partial charge in [-0.15, -0.1) is 0 Å². The first-order valence-electron chi connectivity index (χ1n) is 18.9. The van der Waals surface area contributed by atoms with Crippen molar-refractivity contribution in [3.05, 3.63) is 93.2 Å². The summed E-state index contributed by atoms with van der Waals surface area (Å²) in [5.74, 6) is -2.24. The van der Waals surface area contributed by atoms with Crippen molar-refractivity contribution in [2.24, 2.45) is 0 Å². The number of piperazine rings is 1. The lowest BCUT2D eigenvalue weighted by Crippen LogP contribution is -2.54. The van der Waals surface area contributed by atoms with E-state index in [0.29, 0.717) is 38.0 Å². The molecular weight excluding hydrogens is 702 g/mol. The number of hydrogen-bond donors (Lipinski definition) is 2. The second kappa shape index (κ2) is 14.7. The van der Waals surface area contributed by atoms with E-state index in [1.54, 1.807) is 29.3 Å². The first-order valence-corrected chi connectivity index (χ1v) is 18.9. The average molecular weight is 746 g/mol. The van der Waals surface area contributed by atoms with Crippen molar-refractivity contribution in [1.82, 2.24) is 35.0 Å². The summed E-state index contributed by atoms with van der Waals surface area (Å²) < 4.78 is 0. The van der Waals surface area contributed by atoms with Crippen LogP contribution in [0.5, 0.6) is 0 Å². The molecule has 1 atom stereocenters. The Kier molecular flexibility index (Phi) is 9.63. The number of hydrogen-bond acceptors (Lipinski definition) is 11. The molecule has 1 unspecified atom stereocenters. The van der Waals surface area contributed by atoms with Crippen molar-refractivity contribution >= 4 is 51.9 Å². The molecule has 3 saturated heterocycles. The quantitative estimate of drug-likeness (QED) is 0.254. The van der Waals surface area contributed by atoms with Gasteiger partial charge in [0, 0.05) is 82.8 Å². The SMILES string of the molecule is CCc1cc2ncc(CN3CCN(c4ccc(C(=O)N(C)C5CCN(c6ccc7c(c6)C(=O)N(C6CCC(=O)NC6=O)C7=O)CC5)nc4)CC3)cc2[nH]c1=O. The van der Waals surface area contributed by atoms with E-state index in [0.717, 1.165) is 71.2 Å². The highest BCUT2D eigenvalue weighted by atomic mass is 16.2. The van der Waals surface area contributed by atoms with E-state index in [4.69, 9.17) is 0 Å². The van der Waals surface area contributed by atoms with Crippen molar-refractivity contribution in [1.29, 1.82) is 0 Å². The number of nitrogens with one attached hydrogen (secondary N) is 2. The lowest BCUT2D eigenvalue weighted by molar-refractivity contribution is -0.136. The molecule has 4 aliphatic rings. The van der Waals surface area contributed by atoms with Gasteiger partial charge < -0.3 is 19.7 Å². The zero-order valence-corrected chi connectivity index (χ0v) is 30.9. The number of anilines is 2. The topological polar surface area (TPSA) is 172 Å². The highest BCUT2D eigenvalue weighted by molar-refractivity contribution is 6.23. The molecule has 4 aromatic rings. The predicted molar refractivity (Wildman–Crippen MR) is 204 cm³/mol. The Morgan fingerprint density at radius 2 is 1.55 bits per heavy atom. The summed E-state index contributed by atoms with van der Waals surface area (Å²) >= 11 is 0. The number of benzene rings is 1. The van der Waals surface area contributed by atoms with Gasteiger partial charge in [0.2, 0.25) is 11.8 Å². The number of carbonyl (C=O) groups is 5. The molecule has 55 heavy (non-hydrogen) atoms. The van der Waals surface area contributed by atoms with Gasteiger partial charge in [-0.1, -0.05) is 6.92 Å². The molecule has 0 bridgehead atoms. The molecule has 0 spiro atoms. The lowest BCUT2D eigenvalue weighted by Gasteiger charge is -2.38. The van der Waals surface area contributed by atoms with Crippen LogP contribution in [0.3, 0.4) is 0 Å². The van der Waals surface area contributed by atoms with E-state index < -0.39 is 29.7 Å². The van der Waals surface area contributed by atoms with Gasteiger partial charge in [-0.3, -0.25) is 48.9 Å². The van der Waals surface area contributed by atoms with Crippen LogP contribution in [0.25, 0.3) is 11.0 Å². The normalized spacial score (nSPS) is 19.6. The molecule has 5 amide bonds. The highest BCUT2D eigenvalue weighted by Gasteiger charge is 2.45. The van der Waals surface area contributed by atoms with Crippen LogP contribution in [0.2, 0.25) is 0 Å². The smallest absolute Gasteiger partial charge is 0.272 e. The van der Waals surface area contributed by atoms with Gasteiger partial charge in [0.1, 0.15) is 11.7 Å². The number of H-pyrrole nitrogens is 1. The number of aromatic nitrogens is 3. The fourth-order valence-corrected chi connectivity index (χ4v) is 8.15. The second-order valence-corrected chi connectivity index (χ2v) is 14.7. The minimum absolute atomic E-state index is 0.00539. The number of rotatable bonds is 8. The Bertz CT molecular complexity index is 2260. The standard InChI is InChI=1S/C40H43N9O6/c1-3-25-19-32-33(43-36(25)51)18-24(21-41-32)23-46-14-16-48(17-15-46)28-5-7-31(42-22-28)40(55)45(2)26-10-12-47(13-11-26)27-4-6-29-30(20-27)39(54)49(38(29)53)34-8-9-35(50)44-37(34)52/h4-7,18-22,26,34H,3,8-17,23H2,1-2H3,(H,43,51)(H,44,50,52). The van der Waals surface area contributed by atoms with E-state index in [-0.39, 0.29) is 41.5 Å². The van der Waals surface area contributed by atoms with Crippen molar-refractivity contribution in [3.63, 3.8) is 0 Å². The van der Waals surface area contributed by atoms with Crippen LogP contribution in [-0.2, 0) is 22.6 Å². The van der Waals surface area contributed by atoms with Gasteiger partial charge in [0.05, 0.1) is 34.0 Å². The number of amides is 5. The first-order chi connectivity index (χ1) is 26.6. The number of aromatic amines is 1. The number of nitrogens with zero attached hydrogens (tertiary/aromatic N) is 7. The van der Waals surface area contributed by atoms with Crippen LogP contribution in [0.15, 0.2) is 59.7 Å². The molecule has 1 aromatic carbocycles. The summed E-state index contributed by atoms with van der Waals surface area (Å²) in [4.78, 5) is 97.9. The Morgan fingerprint density at radius 1 is 0.818 bits per heavy atom. The molecule has 0 aliphatic carbocycles. The molecule has 8 rings (SSSR count). The van der Waals surface area contributed by atoms with E-state index in [1.165, 1.54) is 0 Å². The summed E-state index contributed by atoms with van der Waals surface area (Å²) in [7, 11) is 1.81. The van der Waals surface area contributed by atoms with Gasteiger partial charge in [0.25, 0.3) is 23.3 Å². The summed E-state index contributed by atoms with van der Waals surface area (Å²) in [5.41, 5.74) is 5.94. The van der Waals surface area contributed by atoms with Gasteiger partial charge in [-0.05, 0) is 73.7 Å². The summed E-state index contributed by atoms with van der Waals surface area (Å²) in [6, 6.07) is 11.8. The molecule has 15 heteroatoms. The van der Waals surface area contributed by atoms with E-state index >= 15 is 0 Å². The fraction of sp³-hybridized carbons (Fsp3) is 0.400. The molecule has 284 valence electrons. The van der Waals surface area contributed by atoms with Crippen molar-refractivity contribution in [2.45, 2.75) is 57.7 Å². The maximum atomic E-state index is 13.5. The maximum Gasteiger partial charge on any atom is 0.272 e. The largest absolute Gasteiger partial charge is 0.371 e. The van der Waals surface area contributed by atoms with Crippen LogP contribution in [-0.4, -0.2) is 118 Å². The van der Waals surface area contributed by atoms with Crippen LogP contribution in [0.1, 0.15) is 74.9 Å². The highest BCUT2D eigenvalue weighted by Crippen LogP contribution is 2.32. The third-order valence-electron chi connectivity index (χ3n) is 11.4. The fourth-order valence-electron chi connectivity index (χ4n) is 8.15. The minimum Gasteiger partial charge on any atom is -0.371 e. The Labute approximate surface area is 317 Å². The molecular formula is C40H43N9O6. The number of pyridine rings is 3. The van der Waals surface area contributed by atoms with E-state index in [1.807, 2.05) is 44.4 Å². The third kappa shape index (κ3) is 6.95. The van der Waals surface area contributed by atoms with Gasteiger partial charge in [0.15, 0.2) is 0 Å². The molecule has 3 fully saturated rings. The van der Waals surface area contributed by atoms with Crippen molar-refractivity contribution < 1.29 is 24.0 Å². The maximum absolute atomic E-state index is 13.5. The van der Waals surface area contributed by atoms with Crippen LogP contribution >= 0.6 is 0 Å². The molecule has 2 N–H and O–H groups in total. The average Bonchev–Trinajstić information content (AvgIpc) is 3.45. The van der Waals surface area contributed by atoms with Crippen LogP contribution in [0, 0.1) is 0 Å². The monoisotopic (exact) mass is 745 g/mol. The van der Waals surface area contributed by atoms with Gasteiger partial charge in [-0.25, -0.2) is 4.98 Å². The van der Waals surface area contributed by atoms with E-state index in [2.05, 4.69) is 35.0 Å². The lowest BCUT2D eigenvalue weighted by atomic mass is 10.0. The Morgan fingerprint density at radius 3 is 2.25 bits per heavy atom. The molecule has 0 saturated carbocycles. The summed E-state index contributed by atoms with van der Waals surface area (Å²) in [6.45, 7) is 7.34. The van der Waals surface area contributed by atoms with Crippen LogP contribution < -0.4 is 20.7 Å². The minimum atomic E-state index is -1.00. The number of aryl methyl sites for hydroxylation is 1. The summed E-state index contributed by atoms with van der Waals surface area (Å²) in [5, 5.41) is 2.22. The molecule has 7 heterocycles. The van der Waals surface area contributed by atoms with Gasteiger partial charge >= 0.3 is 0 Å². The van der Waals surface area contributed by atoms with Crippen molar-refractivity contribution in [2.75, 3.05) is 56.1 Å². The number of piperidine rings is 2. The molecule has 0 radical (unpaired) electrons. The predicted octanol–water partition coefficient (Wildman–Crippen LogP) is 2.34. The Hall–Kier alpha value is -5.96. The zero-order valence-electron chi connectivity index (χ0n) is 30.9. The van der Waals surface area contributed by atoms with E-state index in [9.17, 15) is 28.8 Å². The molecule has 4 aliphatic heterocycles. The number of imide groups is 2. The summed E-state index contributed by atoms with van der Waals surface area (Å²) in [6.07, 6.45) is 5.93. The third-order valence-corrected chi connectivity index (χ3v) is 11.4. The molecule has 3 aromatic heterocycles. The Balaban J connectivity index is 0.826. The molecule has 15 nitrogen and oxygen atoms in total. The first kappa shape index (κ1) is 36.0. The number of fused-ring (bicyclic) bond motifs is 2. The second-order valence-electron chi connectivity index (χ2n) is 14.7. The van der Waals surface area contributed by atoms with Crippen molar-refractivity contribution in [3.8, 4) is 0 Å². The zero-order chi connectivity index (χ0) is 38.4.